The molecule has 0 radical (unpaired) electrons. The number of fused-ring (bicyclic) bond motifs is 1. The third-order valence-electron chi connectivity index (χ3n) is 6.19. The molecule has 0 aromatic heterocycles. The van der Waals surface area contributed by atoms with E-state index in [1.807, 2.05) is 65.3 Å². The van der Waals surface area contributed by atoms with Gasteiger partial charge in [-0.2, -0.15) is 0 Å². The van der Waals surface area contributed by atoms with Gasteiger partial charge in [-0.25, -0.2) is 0 Å². The summed E-state index contributed by atoms with van der Waals surface area (Å²) < 4.78 is 5.22. The number of hydrogen-bond acceptors (Lipinski definition) is 4. The van der Waals surface area contributed by atoms with Gasteiger partial charge in [-0.3, -0.25) is 9.59 Å². The van der Waals surface area contributed by atoms with Gasteiger partial charge in [-0.05, 0) is 66.9 Å². The molecule has 3 aromatic carbocycles. The summed E-state index contributed by atoms with van der Waals surface area (Å²) in [7, 11) is 1.60. The van der Waals surface area contributed by atoms with E-state index in [0.29, 0.717) is 24.3 Å². The van der Waals surface area contributed by atoms with Crippen molar-refractivity contribution in [1.29, 1.82) is 0 Å². The van der Waals surface area contributed by atoms with Crippen LogP contribution in [0.2, 0.25) is 0 Å². The number of nitrogens with zero attached hydrogens (tertiary/aromatic N) is 2. The second-order valence-electron chi connectivity index (χ2n) is 8.33. The number of rotatable bonds is 5. The maximum absolute atomic E-state index is 13.5. The molecule has 0 bridgehead atoms. The highest BCUT2D eigenvalue weighted by molar-refractivity contribution is 6.07. The third-order valence-corrected chi connectivity index (χ3v) is 6.19. The number of carbonyl (C=O) groups is 2. The Labute approximate surface area is 194 Å². The van der Waals surface area contributed by atoms with Gasteiger partial charge < -0.3 is 20.3 Å². The third kappa shape index (κ3) is 4.34. The number of benzene rings is 3. The number of amides is 2. The summed E-state index contributed by atoms with van der Waals surface area (Å²) in [5.74, 6) is 0.581. The number of para-hydroxylation sites is 1. The van der Waals surface area contributed by atoms with E-state index < -0.39 is 0 Å². The number of hydrogen-bond donors (Lipinski definition) is 1. The Morgan fingerprint density at radius 1 is 1.06 bits per heavy atom. The highest BCUT2D eigenvalue weighted by atomic mass is 16.5. The van der Waals surface area contributed by atoms with Gasteiger partial charge >= 0.3 is 0 Å². The van der Waals surface area contributed by atoms with Crippen LogP contribution in [0.3, 0.4) is 0 Å². The molecule has 1 heterocycles. The van der Waals surface area contributed by atoms with Gasteiger partial charge in [0.2, 0.25) is 5.91 Å². The molecule has 2 atom stereocenters. The minimum Gasteiger partial charge on any atom is -0.497 e. The lowest BCUT2D eigenvalue weighted by atomic mass is 9.89. The van der Waals surface area contributed by atoms with Crippen molar-refractivity contribution in [2.24, 2.45) is 5.73 Å². The molecule has 0 fully saturated rings. The fourth-order valence-electron chi connectivity index (χ4n) is 4.62. The van der Waals surface area contributed by atoms with E-state index in [2.05, 4.69) is 0 Å². The summed E-state index contributed by atoms with van der Waals surface area (Å²) >= 11 is 0. The van der Waals surface area contributed by atoms with Gasteiger partial charge in [-0.1, -0.05) is 30.3 Å². The molecule has 0 saturated carbocycles. The van der Waals surface area contributed by atoms with Gasteiger partial charge in [0.05, 0.1) is 13.2 Å². The van der Waals surface area contributed by atoms with E-state index in [1.165, 1.54) is 0 Å². The molecule has 33 heavy (non-hydrogen) atoms. The summed E-state index contributed by atoms with van der Waals surface area (Å²) in [5, 5.41) is 0. The SMILES string of the molecule is COc1ccc(C(=O)N2c3ccccc3C(N(C(C)=O)c3cccc(CN)c3)CC2C)cc1. The molecular formula is C27H29N3O3. The van der Waals surface area contributed by atoms with E-state index >= 15 is 0 Å². The summed E-state index contributed by atoms with van der Waals surface area (Å²) in [6.07, 6.45) is 0.616. The van der Waals surface area contributed by atoms with Crippen LogP contribution in [0.1, 0.15) is 47.8 Å². The molecule has 2 amide bonds. The Hall–Kier alpha value is -3.64. The first kappa shape index (κ1) is 22.6. The van der Waals surface area contributed by atoms with Gasteiger partial charge in [0.1, 0.15) is 5.75 Å². The van der Waals surface area contributed by atoms with Crippen LogP contribution in [0.5, 0.6) is 5.75 Å². The second-order valence-corrected chi connectivity index (χ2v) is 8.33. The minimum atomic E-state index is -0.193. The summed E-state index contributed by atoms with van der Waals surface area (Å²) in [4.78, 5) is 30.0. The molecule has 0 spiro atoms. The van der Waals surface area contributed by atoms with Crippen molar-refractivity contribution >= 4 is 23.2 Å². The summed E-state index contributed by atoms with van der Waals surface area (Å²) in [6, 6.07) is 22.4. The van der Waals surface area contributed by atoms with Gasteiger partial charge in [0.15, 0.2) is 0 Å². The fraction of sp³-hybridized carbons (Fsp3) is 0.259. The standard InChI is InChI=1S/C27H29N3O3/c1-18-15-26(30(19(2)31)22-8-6-7-20(16-22)17-28)24-9-4-5-10-25(24)29(18)27(32)21-11-13-23(33-3)14-12-21/h4-14,16,18,26H,15,17,28H2,1-3H3. The molecule has 0 aliphatic carbocycles. The maximum Gasteiger partial charge on any atom is 0.258 e. The molecule has 3 aromatic rings. The van der Waals surface area contributed by atoms with Crippen LogP contribution in [0.15, 0.2) is 72.8 Å². The van der Waals surface area contributed by atoms with Gasteiger partial charge in [-0.15, -0.1) is 0 Å². The maximum atomic E-state index is 13.5. The highest BCUT2D eigenvalue weighted by Crippen LogP contribution is 2.42. The normalized spacial score (nSPS) is 17.3. The minimum absolute atomic E-state index is 0.0499. The Kier molecular flexibility index (Phi) is 6.47. The van der Waals surface area contributed by atoms with Crippen LogP contribution in [0.25, 0.3) is 0 Å². The van der Waals surface area contributed by atoms with Crippen molar-refractivity contribution in [3.8, 4) is 5.75 Å². The van der Waals surface area contributed by atoms with E-state index in [4.69, 9.17) is 10.5 Å². The average Bonchev–Trinajstić information content (AvgIpc) is 2.84. The van der Waals surface area contributed by atoms with Crippen molar-refractivity contribution in [1.82, 2.24) is 0 Å². The number of methoxy groups -OCH3 is 1. The number of ether oxygens (including phenoxy) is 1. The van der Waals surface area contributed by atoms with Crippen LogP contribution in [-0.2, 0) is 11.3 Å². The van der Waals surface area contributed by atoms with Crippen molar-refractivity contribution in [3.63, 3.8) is 0 Å². The predicted octanol–water partition coefficient (Wildman–Crippen LogP) is 4.69. The quantitative estimate of drug-likeness (QED) is 0.621. The molecule has 2 N–H and O–H groups in total. The van der Waals surface area contributed by atoms with Crippen molar-refractivity contribution in [3.05, 3.63) is 89.5 Å². The molecule has 0 saturated heterocycles. The predicted molar refractivity (Wildman–Crippen MR) is 131 cm³/mol. The number of carbonyl (C=O) groups excluding carboxylic acids is 2. The smallest absolute Gasteiger partial charge is 0.258 e. The van der Waals surface area contributed by atoms with E-state index in [9.17, 15) is 9.59 Å². The first-order valence-electron chi connectivity index (χ1n) is 11.1. The molecule has 1 aliphatic heterocycles. The van der Waals surface area contributed by atoms with Gasteiger partial charge in [0.25, 0.3) is 5.91 Å². The Bertz CT molecular complexity index is 1160. The van der Waals surface area contributed by atoms with E-state index in [1.54, 1.807) is 38.3 Å². The lowest BCUT2D eigenvalue weighted by Gasteiger charge is -2.43. The van der Waals surface area contributed by atoms with Crippen molar-refractivity contribution in [2.45, 2.75) is 38.9 Å². The largest absolute Gasteiger partial charge is 0.497 e. The fourth-order valence-corrected chi connectivity index (χ4v) is 4.62. The lowest BCUT2D eigenvalue weighted by molar-refractivity contribution is -0.117. The van der Waals surface area contributed by atoms with Gasteiger partial charge in [0, 0.05) is 36.4 Å². The zero-order chi connectivity index (χ0) is 23.5. The summed E-state index contributed by atoms with van der Waals surface area (Å²) in [6.45, 7) is 4.01. The van der Waals surface area contributed by atoms with Crippen molar-refractivity contribution in [2.75, 3.05) is 16.9 Å². The zero-order valence-electron chi connectivity index (χ0n) is 19.2. The molecule has 6 heteroatoms. The van der Waals surface area contributed by atoms with Crippen LogP contribution in [0, 0.1) is 0 Å². The highest BCUT2D eigenvalue weighted by Gasteiger charge is 2.38. The van der Waals surface area contributed by atoms with Crippen LogP contribution in [0.4, 0.5) is 11.4 Å². The second kappa shape index (κ2) is 9.46. The average molecular weight is 444 g/mol. The first-order valence-corrected chi connectivity index (χ1v) is 11.1. The van der Waals surface area contributed by atoms with Crippen LogP contribution >= 0.6 is 0 Å². The molecule has 6 nitrogen and oxygen atoms in total. The monoisotopic (exact) mass is 443 g/mol. The van der Waals surface area contributed by atoms with Crippen LogP contribution < -0.4 is 20.3 Å². The van der Waals surface area contributed by atoms with E-state index in [-0.39, 0.29) is 23.9 Å². The molecule has 1 aliphatic rings. The first-order chi connectivity index (χ1) is 15.9. The molecule has 4 rings (SSSR count). The number of anilines is 2. The Morgan fingerprint density at radius 2 is 1.79 bits per heavy atom. The molecular weight excluding hydrogens is 414 g/mol. The molecule has 2 unspecified atom stereocenters. The zero-order valence-corrected chi connectivity index (χ0v) is 19.2. The topological polar surface area (TPSA) is 75.9 Å². The molecule has 170 valence electrons. The Balaban J connectivity index is 1.75. The summed E-state index contributed by atoms with van der Waals surface area (Å²) in [5.41, 5.74) is 9.98. The lowest BCUT2D eigenvalue weighted by Crippen LogP contribution is -2.47. The Morgan fingerprint density at radius 3 is 2.45 bits per heavy atom. The van der Waals surface area contributed by atoms with Crippen molar-refractivity contribution < 1.29 is 14.3 Å². The van der Waals surface area contributed by atoms with E-state index in [0.717, 1.165) is 22.5 Å². The van der Waals surface area contributed by atoms with Crippen LogP contribution in [-0.4, -0.2) is 25.0 Å². The number of nitrogens with two attached hydrogens (primary N) is 1.